The maximum atomic E-state index is 12.8. The van der Waals surface area contributed by atoms with E-state index in [4.69, 9.17) is 0 Å². The third-order valence-corrected chi connectivity index (χ3v) is 5.53. The van der Waals surface area contributed by atoms with Crippen LogP contribution in [-0.4, -0.2) is 20.7 Å². The Balaban J connectivity index is 1.46. The third kappa shape index (κ3) is 4.56. The Bertz CT molecular complexity index is 1200. The maximum Gasteiger partial charge on any atom is 0.253 e. The summed E-state index contributed by atoms with van der Waals surface area (Å²) in [4.78, 5) is 17.5. The zero-order chi connectivity index (χ0) is 21.8. The second kappa shape index (κ2) is 8.96. The molecule has 0 unspecified atom stereocenters. The maximum absolute atomic E-state index is 12.8. The van der Waals surface area contributed by atoms with Crippen LogP contribution in [0.5, 0.6) is 0 Å². The zero-order valence-electron chi connectivity index (χ0n) is 18.1. The fraction of sp³-hybridized carbons (Fsp3) is 0.192. The van der Waals surface area contributed by atoms with Crippen molar-refractivity contribution in [2.24, 2.45) is 0 Å². The van der Waals surface area contributed by atoms with Crippen molar-refractivity contribution in [1.82, 2.24) is 20.1 Å². The van der Waals surface area contributed by atoms with E-state index < -0.39 is 0 Å². The highest BCUT2D eigenvalue weighted by Gasteiger charge is 2.15. The van der Waals surface area contributed by atoms with E-state index in [1.54, 1.807) is 0 Å². The molecule has 2 aromatic carbocycles. The SMILES string of the molecule is Cc1nc(-c2ccccc2)ccc1C(=O)NCc1c(C)nn(Cc2ccccc2)c1C. The minimum atomic E-state index is -0.126. The molecule has 31 heavy (non-hydrogen) atoms. The van der Waals surface area contributed by atoms with Crippen molar-refractivity contribution in [1.29, 1.82) is 0 Å². The Kier molecular flexibility index (Phi) is 5.94. The van der Waals surface area contributed by atoms with Gasteiger partial charge in [-0.1, -0.05) is 60.7 Å². The van der Waals surface area contributed by atoms with Crippen molar-refractivity contribution < 1.29 is 4.79 Å². The van der Waals surface area contributed by atoms with Gasteiger partial charge in [-0.05, 0) is 38.5 Å². The lowest BCUT2D eigenvalue weighted by Gasteiger charge is -2.10. The van der Waals surface area contributed by atoms with Gasteiger partial charge in [-0.3, -0.25) is 14.5 Å². The number of benzene rings is 2. The highest BCUT2D eigenvalue weighted by atomic mass is 16.1. The predicted octanol–water partition coefficient (Wildman–Crippen LogP) is 4.85. The summed E-state index contributed by atoms with van der Waals surface area (Å²) in [6.45, 7) is 7.05. The average molecular weight is 411 g/mol. The number of carbonyl (C=O) groups is 1. The van der Waals surface area contributed by atoms with E-state index in [0.717, 1.165) is 28.2 Å². The van der Waals surface area contributed by atoms with Crippen LogP contribution < -0.4 is 5.32 Å². The third-order valence-electron chi connectivity index (χ3n) is 5.53. The van der Waals surface area contributed by atoms with Crippen LogP contribution in [0.3, 0.4) is 0 Å². The van der Waals surface area contributed by atoms with Crippen LogP contribution in [0.15, 0.2) is 72.8 Å². The Morgan fingerprint density at radius 1 is 0.871 bits per heavy atom. The first kappa shape index (κ1) is 20.5. The van der Waals surface area contributed by atoms with Crippen molar-refractivity contribution in [3.8, 4) is 11.3 Å². The van der Waals surface area contributed by atoms with E-state index in [1.807, 2.05) is 86.1 Å². The minimum Gasteiger partial charge on any atom is -0.348 e. The summed E-state index contributed by atoms with van der Waals surface area (Å²) in [5.74, 6) is -0.126. The fourth-order valence-electron chi connectivity index (χ4n) is 3.73. The Labute approximate surface area is 182 Å². The van der Waals surface area contributed by atoms with Crippen molar-refractivity contribution in [3.63, 3.8) is 0 Å². The van der Waals surface area contributed by atoms with Crippen molar-refractivity contribution >= 4 is 5.91 Å². The Morgan fingerprint density at radius 2 is 1.55 bits per heavy atom. The zero-order valence-corrected chi connectivity index (χ0v) is 18.1. The molecule has 0 atom stereocenters. The summed E-state index contributed by atoms with van der Waals surface area (Å²) >= 11 is 0. The number of aromatic nitrogens is 3. The molecule has 0 aliphatic heterocycles. The van der Waals surface area contributed by atoms with Gasteiger partial charge < -0.3 is 5.32 Å². The molecule has 0 aliphatic rings. The fourth-order valence-corrected chi connectivity index (χ4v) is 3.73. The molecular weight excluding hydrogens is 384 g/mol. The molecule has 2 heterocycles. The standard InChI is InChI=1S/C26H26N4O/c1-18-23(14-15-25(28-18)22-12-8-5-9-13-22)26(31)27-16-24-19(2)29-30(20(24)3)17-21-10-6-4-7-11-21/h4-15H,16-17H2,1-3H3,(H,27,31). The van der Waals surface area contributed by atoms with Crippen LogP contribution in [0.25, 0.3) is 11.3 Å². The van der Waals surface area contributed by atoms with Crippen molar-refractivity contribution in [2.75, 3.05) is 0 Å². The highest BCUT2D eigenvalue weighted by molar-refractivity contribution is 5.95. The van der Waals surface area contributed by atoms with Crippen LogP contribution >= 0.6 is 0 Å². The molecule has 0 spiro atoms. The van der Waals surface area contributed by atoms with E-state index in [9.17, 15) is 4.79 Å². The smallest absolute Gasteiger partial charge is 0.253 e. The first-order valence-electron chi connectivity index (χ1n) is 10.4. The lowest BCUT2D eigenvalue weighted by molar-refractivity contribution is 0.0950. The van der Waals surface area contributed by atoms with Crippen molar-refractivity contribution in [2.45, 2.75) is 33.9 Å². The topological polar surface area (TPSA) is 59.8 Å². The summed E-state index contributed by atoms with van der Waals surface area (Å²) in [6, 6.07) is 24.0. The second-order valence-electron chi connectivity index (χ2n) is 7.67. The number of hydrogen-bond acceptors (Lipinski definition) is 3. The summed E-state index contributed by atoms with van der Waals surface area (Å²) in [5.41, 5.74) is 7.45. The minimum absolute atomic E-state index is 0.126. The lowest BCUT2D eigenvalue weighted by Crippen LogP contribution is -2.24. The van der Waals surface area contributed by atoms with Crippen LogP contribution in [-0.2, 0) is 13.1 Å². The normalized spacial score (nSPS) is 10.8. The molecule has 4 aromatic rings. The summed E-state index contributed by atoms with van der Waals surface area (Å²) in [7, 11) is 0. The lowest BCUT2D eigenvalue weighted by atomic mass is 10.1. The quantitative estimate of drug-likeness (QED) is 0.494. The molecule has 5 heteroatoms. The molecule has 0 saturated carbocycles. The van der Waals surface area contributed by atoms with E-state index in [0.29, 0.717) is 24.3 Å². The molecule has 4 rings (SSSR count). The molecule has 0 saturated heterocycles. The number of nitrogens with zero attached hydrogens (tertiary/aromatic N) is 3. The molecular formula is C26H26N4O. The van der Waals surface area contributed by atoms with E-state index in [1.165, 1.54) is 5.56 Å². The number of hydrogen-bond donors (Lipinski definition) is 1. The second-order valence-corrected chi connectivity index (χ2v) is 7.67. The average Bonchev–Trinajstić information content (AvgIpc) is 3.05. The van der Waals surface area contributed by atoms with Gasteiger partial charge in [0.25, 0.3) is 5.91 Å². The highest BCUT2D eigenvalue weighted by Crippen LogP contribution is 2.19. The number of amides is 1. The molecule has 0 bridgehead atoms. The molecule has 1 N–H and O–H groups in total. The van der Waals surface area contributed by atoms with Crippen LogP contribution in [0.1, 0.15) is 38.6 Å². The summed E-state index contributed by atoms with van der Waals surface area (Å²) < 4.78 is 1.99. The molecule has 2 aromatic heterocycles. The molecule has 156 valence electrons. The summed E-state index contributed by atoms with van der Waals surface area (Å²) in [6.07, 6.45) is 0. The van der Waals surface area contributed by atoms with Gasteiger partial charge in [0.15, 0.2) is 0 Å². The summed E-state index contributed by atoms with van der Waals surface area (Å²) in [5, 5.41) is 7.71. The van der Waals surface area contributed by atoms with Crippen LogP contribution in [0.4, 0.5) is 0 Å². The van der Waals surface area contributed by atoms with Crippen LogP contribution in [0, 0.1) is 20.8 Å². The van der Waals surface area contributed by atoms with Gasteiger partial charge in [0, 0.05) is 23.4 Å². The molecule has 0 radical (unpaired) electrons. The molecule has 1 amide bonds. The first-order valence-corrected chi connectivity index (χ1v) is 10.4. The van der Waals surface area contributed by atoms with Gasteiger partial charge in [-0.25, -0.2) is 0 Å². The predicted molar refractivity (Wildman–Crippen MR) is 123 cm³/mol. The molecule has 0 fully saturated rings. The monoisotopic (exact) mass is 410 g/mol. The Hall–Kier alpha value is -3.73. The van der Waals surface area contributed by atoms with E-state index >= 15 is 0 Å². The van der Waals surface area contributed by atoms with Crippen LogP contribution in [0.2, 0.25) is 0 Å². The number of pyridine rings is 1. The molecule has 0 aliphatic carbocycles. The number of nitrogens with one attached hydrogen (secondary N) is 1. The van der Waals surface area contributed by atoms with Crippen molar-refractivity contribution in [3.05, 3.63) is 107 Å². The Morgan fingerprint density at radius 3 is 2.23 bits per heavy atom. The number of carbonyl (C=O) groups excluding carboxylic acids is 1. The molecule has 5 nitrogen and oxygen atoms in total. The van der Waals surface area contributed by atoms with Gasteiger partial charge >= 0.3 is 0 Å². The first-order chi connectivity index (χ1) is 15.0. The van der Waals surface area contributed by atoms with Gasteiger partial charge in [0.1, 0.15) is 0 Å². The van der Waals surface area contributed by atoms with Gasteiger partial charge in [0.2, 0.25) is 0 Å². The number of aryl methyl sites for hydroxylation is 2. The van der Waals surface area contributed by atoms with Gasteiger partial charge in [-0.15, -0.1) is 0 Å². The van der Waals surface area contributed by atoms with E-state index in [2.05, 4.69) is 27.5 Å². The van der Waals surface area contributed by atoms with Gasteiger partial charge in [-0.2, -0.15) is 5.10 Å². The largest absolute Gasteiger partial charge is 0.348 e. The number of rotatable bonds is 6. The van der Waals surface area contributed by atoms with Gasteiger partial charge in [0.05, 0.1) is 29.2 Å². The van der Waals surface area contributed by atoms with E-state index in [-0.39, 0.29) is 5.91 Å².